The van der Waals surface area contributed by atoms with E-state index in [2.05, 4.69) is 15.9 Å². The Balaban J connectivity index is 2.32. The van der Waals surface area contributed by atoms with Crippen molar-refractivity contribution in [3.8, 4) is 0 Å². The molecule has 52 valence electrons. The first-order valence-electron chi connectivity index (χ1n) is 3.05. The van der Waals surface area contributed by atoms with Crippen molar-refractivity contribution < 1.29 is 9.53 Å². The van der Waals surface area contributed by atoms with Gasteiger partial charge in [0.1, 0.15) is 6.10 Å². The first-order valence-corrected chi connectivity index (χ1v) is 4.17. The Labute approximate surface area is 62.7 Å². The molecule has 0 radical (unpaired) electrons. The van der Waals surface area contributed by atoms with Crippen molar-refractivity contribution in [3.05, 3.63) is 0 Å². The molecule has 0 saturated carbocycles. The number of halogens is 1. The fraction of sp³-hybridized carbons (Fsp3) is 0.833. The van der Waals surface area contributed by atoms with Gasteiger partial charge < -0.3 is 4.74 Å². The Hall–Kier alpha value is 0.110. The zero-order valence-corrected chi connectivity index (χ0v) is 6.69. The van der Waals surface area contributed by atoms with Gasteiger partial charge in [-0.3, -0.25) is 4.79 Å². The van der Waals surface area contributed by atoms with E-state index < -0.39 is 0 Å². The average molecular weight is 193 g/mol. The van der Waals surface area contributed by atoms with Crippen LogP contribution in [0, 0.1) is 0 Å². The molecule has 0 bridgehead atoms. The molecular formula is C6H9BrO2. The highest BCUT2D eigenvalue weighted by molar-refractivity contribution is 9.09. The summed E-state index contributed by atoms with van der Waals surface area (Å²) in [6.45, 7) is 0.753. The van der Waals surface area contributed by atoms with Crippen LogP contribution in [0.5, 0.6) is 0 Å². The van der Waals surface area contributed by atoms with E-state index in [0.29, 0.717) is 5.33 Å². The minimum atomic E-state index is -0.107. The monoisotopic (exact) mass is 192 g/mol. The van der Waals surface area contributed by atoms with Crippen molar-refractivity contribution in [2.75, 3.05) is 11.9 Å². The number of carbonyl (C=O) groups is 1. The van der Waals surface area contributed by atoms with E-state index in [4.69, 9.17) is 4.74 Å². The lowest BCUT2D eigenvalue weighted by Gasteiger charge is -2.03. The summed E-state index contributed by atoms with van der Waals surface area (Å²) in [4.78, 5) is 10.8. The first-order chi connectivity index (χ1) is 4.34. The van der Waals surface area contributed by atoms with Gasteiger partial charge in [-0.05, 0) is 12.8 Å². The summed E-state index contributed by atoms with van der Waals surface area (Å²) in [5.41, 5.74) is 0. The quantitative estimate of drug-likeness (QED) is 0.614. The number of rotatable bonds is 2. The molecule has 0 aromatic carbocycles. The maximum Gasteiger partial charge on any atom is 0.172 e. The molecule has 2 nitrogen and oxygen atoms in total. The Bertz CT molecular complexity index is 108. The van der Waals surface area contributed by atoms with Crippen LogP contribution in [0.1, 0.15) is 12.8 Å². The van der Waals surface area contributed by atoms with Crippen LogP contribution in [0.2, 0.25) is 0 Å². The third kappa shape index (κ3) is 1.76. The second-order valence-corrected chi connectivity index (χ2v) is 2.66. The van der Waals surface area contributed by atoms with Gasteiger partial charge in [-0.25, -0.2) is 0 Å². The molecule has 3 heteroatoms. The zero-order chi connectivity index (χ0) is 6.69. The summed E-state index contributed by atoms with van der Waals surface area (Å²) < 4.78 is 5.13. The first kappa shape index (κ1) is 7.22. The molecule has 1 aliphatic rings. The number of carbonyl (C=O) groups excluding carboxylic acids is 1. The van der Waals surface area contributed by atoms with Crippen molar-refractivity contribution in [2.45, 2.75) is 18.9 Å². The molecule has 1 heterocycles. The van der Waals surface area contributed by atoms with E-state index in [9.17, 15) is 4.79 Å². The highest BCUT2D eigenvalue weighted by Gasteiger charge is 2.21. The van der Waals surface area contributed by atoms with Crippen molar-refractivity contribution in [1.82, 2.24) is 0 Å². The van der Waals surface area contributed by atoms with Gasteiger partial charge in [0.25, 0.3) is 0 Å². The molecule has 0 amide bonds. The molecule has 0 aromatic heterocycles. The molecule has 9 heavy (non-hydrogen) atoms. The fourth-order valence-corrected chi connectivity index (χ4v) is 1.28. The van der Waals surface area contributed by atoms with E-state index in [0.717, 1.165) is 19.4 Å². The zero-order valence-electron chi connectivity index (χ0n) is 5.10. The normalized spacial score (nSPS) is 26.6. The van der Waals surface area contributed by atoms with Crippen LogP contribution in [-0.4, -0.2) is 23.8 Å². The number of ether oxygens (including phenoxy) is 1. The Kier molecular flexibility index (Phi) is 2.66. The van der Waals surface area contributed by atoms with Crippen molar-refractivity contribution in [3.63, 3.8) is 0 Å². The lowest BCUT2D eigenvalue weighted by atomic mass is 10.2. The van der Waals surface area contributed by atoms with Crippen molar-refractivity contribution in [1.29, 1.82) is 0 Å². The second kappa shape index (κ2) is 3.32. The molecule has 0 aliphatic carbocycles. The molecule has 1 fully saturated rings. The van der Waals surface area contributed by atoms with Gasteiger partial charge in [-0.2, -0.15) is 0 Å². The van der Waals surface area contributed by atoms with Crippen LogP contribution in [0.4, 0.5) is 0 Å². The molecular weight excluding hydrogens is 184 g/mol. The van der Waals surface area contributed by atoms with Crippen molar-refractivity contribution >= 4 is 21.7 Å². The highest BCUT2D eigenvalue weighted by Crippen LogP contribution is 2.13. The molecule has 0 aromatic rings. The second-order valence-electron chi connectivity index (χ2n) is 2.10. The summed E-state index contributed by atoms with van der Waals surface area (Å²) >= 11 is 3.10. The van der Waals surface area contributed by atoms with Gasteiger partial charge in [-0.1, -0.05) is 15.9 Å². The molecule has 0 unspecified atom stereocenters. The van der Waals surface area contributed by atoms with Gasteiger partial charge >= 0.3 is 0 Å². The van der Waals surface area contributed by atoms with E-state index >= 15 is 0 Å². The third-order valence-electron chi connectivity index (χ3n) is 1.42. The Morgan fingerprint density at radius 2 is 2.56 bits per heavy atom. The molecule has 1 saturated heterocycles. The maximum absolute atomic E-state index is 10.8. The molecule has 0 spiro atoms. The van der Waals surface area contributed by atoms with E-state index in [1.807, 2.05) is 0 Å². The lowest BCUT2D eigenvalue weighted by Crippen LogP contribution is -2.19. The summed E-state index contributed by atoms with van der Waals surface area (Å²) in [5, 5.41) is 0.428. The summed E-state index contributed by atoms with van der Waals surface area (Å²) in [7, 11) is 0. The molecule has 0 N–H and O–H groups in total. The fourth-order valence-electron chi connectivity index (χ4n) is 0.918. The number of hydrogen-bond acceptors (Lipinski definition) is 2. The number of alkyl halides is 1. The standard InChI is InChI=1S/C6H9BrO2/c7-4-5(8)6-2-1-3-9-6/h6H,1-4H2/t6-/m0/s1. The lowest BCUT2D eigenvalue weighted by molar-refractivity contribution is -0.125. The van der Waals surface area contributed by atoms with Crippen LogP contribution in [-0.2, 0) is 9.53 Å². The van der Waals surface area contributed by atoms with E-state index in [1.54, 1.807) is 0 Å². The van der Waals surface area contributed by atoms with Crippen LogP contribution in [0.15, 0.2) is 0 Å². The summed E-state index contributed by atoms with van der Waals surface area (Å²) in [6, 6.07) is 0. The Morgan fingerprint density at radius 3 is 3.00 bits per heavy atom. The van der Waals surface area contributed by atoms with Crippen molar-refractivity contribution in [2.24, 2.45) is 0 Å². The molecule has 1 atom stereocenters. The average Bonchev–Trinajstić information content (AvgIpc) is 2.37. The van der Waals surface area contributed by atoms with E-state index in [-0.39, 0.29) is 11.9 Å². The van der Waals surface area contributed by atoms with Crippen LogP contribution < -0.4 is 0 Å². The summed E-state index contributed by atoms with van der Waals surface area (Å²) in [6.07, 6.45) is 1.83. The van der Waals surface area contributed by atoms with Gasteiger partial charge in [-0.15, -0.1) is 0 Å². The Morgan fingerprint density at radius 1 is 1.78 bits per heavy atom. The third-order valence-corrected chi connectivity index (χ3v) is 1.97. The van der Waals surface area contributed by atoms with Gasteiger partial charge in [0.15, 0.2) is 5.78 Å². The smallest absolute Gasteiger partial charge is 0.172 e. The van der Waals surface area contributed by atoms with Crippen LogP contribution in [0.25, 0.3) is 0 Å². The minimum absolute atomic E-state index is 0.107. The maximum atomic E-state index is 10.8. The number of hydrogen-bond donors (Lipinski definition) is 0. The predicted molar refractivity (Wildman–Crippen MR) is 37.8 cm³/mol. The van der Waals surface area contributed by atoms with Crippen LogP contribution in [0.3, 0.4) is 0 Å². The van der Waals surface area contributed by atoms with Crippen LogP contribution >= 0.6 is 15.9 Å². The largest absolute Gasteiger partial charge is 0.370 e. The minimum Gasteiger partial charge on any atom is -0.370 e. The summed E-state index contributed by atoms with van der Waals surface area (Å²) in [5.74, 6) is 0.174. The topological polar surface area (TPSA) is 26.3 Å². The molecule has 1 rings (SSSR count). The van der Waals surface area contributed by atoms with E-state index in [1.165, 1.54) is 0 Å². The highest BCUT2D eigenvalue weighted by atomic mass is 79.9. The van der Waals surface area contributed by atoms with Gasteiger partial charge in [0.2, 0.25) is 0 Å². The van der Waals surface area contributed by atoms with Gasteiger partial charge in [0, 0.05) is 6.61 Å². The number of ketones is 1. The molecule has 1 aliphatic heterocycles. The van der Waals surface area contributed by atoms with Gasteiger partial charge in [0.05, 0.1) is 5.33 Å². The predicted octanol–water partition coefficient (Wildman–Crippen LogP) is 1.13. The SMILES string of the molecule is O=C(CBr)[C@@H]1CCCO1. The number of Topliss-reactive ketones (excluding diaryl/α,β-unsaturated/α-hetero) is 1.